The maximum absolute atomic E-state index is 11.3. The van der Waals surface area contributed by atoms with Crippen LogP contribution in [0.1, 0.15) is 85.5 Å². The number of hydrogen-bond donors (Lipinski definition) is 0. The van der Waals surface area contributed by atoms with Gasteiger partial charge in [-0.05, 0) is 33.6 Å². The van der Waals surface area contributed by atoms with Crippen molar-refractivity contribution in [1.29, 1.82) is 0 Å². The fraction of sp³-hybridized carbons (Fsp3) is 0.714. The Balaban J connectivity index is 0.000000293. The number of rotatable bonds is 7. The lowest BCUT2D eigenvalue weighted by atomic mass is 10.1. The third kappa shape index (κ3) is 8.37. The smallest absolute Gasteiger partial charge is 0.334 e. The molecule has 2 unspecified atom stereocenters. The van der Waals surface area contributed by atoms with Crippen LogP contribution in [0.2, 0.25) is 0 Å². The Kier molecular flexibility index (Phi) is 10.2. The molecule has 0 spiro atoms. The largest absolute Gasteiger partial charge is 0.459 e. The molecule has 4 heteroatoms. The highest BCUT2D eigenvalue weighted by atomic mass is 16.6. The third-order valence-electron chi connectivity index (χ3n) is 4.45. The fourth-order valence-corrected chi connectivity index (χ4v) is 2.99. The summed E-state index contributed by atoms with van der Waals surface area (Å²) >= 11 is 0. The topological polar surface area (TPSA) is 52.6 Å². The van der Waals surface area contributed by atoms with Gasteiger partial charge < -0.3 is 9.47 Å². The molecule has 2 fully saturated rings. The maximum atomic E-state index is 11.3. The Morgan fingerprint density at radius 3 is 1.84 bits per heavy atom. The summed E-state index contributed by atoms with van der Waals surface area (Å²) in [5.41, 5.74) is 1.70. The normalized spacial score (nSPS) is 25.8. The summed E-state index contributed by atoms with van der Waals surface area (Å²) < 4.78 is 9.93. The molecule has 0 aromatic rings. The van der Waals surface area contributed by atoms with Gasteiger partial charge in [0.25, 0.3) is 0 Å². The van der Waals surface area contributed by atoms with Crippen LogP contribution < -0.4 is 0 Å². The molecular weight excluding hydrogens is 316 g/mol. The number of esters is 2. The summed E-state index contributed by atoms with van der Waals surface area (Å²) in [5, 5.41) is 0. The first-order valence-corrected chi connectivity index (χ1v) is 9.74. The van der Waals surface area contributed by atoms with E-state index in [1.807, 2.05) is 26.8 Å². The molecule has 0 aliphatic carbocycles. The third-order valence-corrected chi connectivity index (χ3v) is 4.45. The average Bonchev–Trinajstić information content (AvgIpc) is 3.07. The Morgan fingerprint density at radius 2 is 1.40 bits per heavy atom. The summed E-state index contributed by atoms with van der Waals surface area (Å²) in [5.74, 6) is -0.247. The molecule has 0 N–H and O–H groups in total. The van der Waals surface area contributed by atoms with E-state index in [2.05, 4.69) is 13.0 Å². The molecule has 0 amide bonds. The van der Waals surface area contributed by atoms with E-state index in [4.69, 9.17) is 9.47 Å². The molecule has 142 valence electrons. The first-order valence-electron chi connectivity index (χ1n) is 9.74. The highest BCUT2D eigenvalue weighted by Gasteiger charge is 2.24. The molecule has 2 aliphatic heterocycles. The van der Waals surface area contributed by atoms with Crippen LogP contribution in [0.3, 0.4) is 0 Å². The van der Waals surface area contributed by atoms with Crippen LogP contribution in [0.25, 0.3) is 0 Å². The number of hydrogen-bond acceptors (Lipinski definition) is 4. The Morgan fingerprint density at radius 1 is 0.880 bits per heavy atom. The van der Waals surface area contributed by atoms with Crippen molar-refractivity contribution in [1.82, 2.24) is 0 Å². The van der Waals surface area contributed by atoms with Crippen molar-refractivity contribution in [3.05, 3.63) is 23.3 Å². The van der Waals surface area contributed by atoms with Crippen molar-refractivity contribution < 1.29 is 19.1 Å². The standard InChI is InChI=1S/C14H24O2.C7H10O2/c1-3-4-5-6-7-8-9-10-13-11-12(2)16-14(13)15;1-3-6-4-5(2)9-7(6)8/h10,12H,3-9,11H2,1-2H3;3,5H,4H2,1-2H3. The minimum atomic E-state index is -0.148. The van der Waals surface area contributed by atoms with Gasteiger partial charge in [0.2, 0.25) is 0 Å². The first-order chi connectivity index (χ1) is 12.0. The second-order valence-corrected chi connectivity index (χ2v) is 6.94. The lowest BCUT2D eigenvalue weighted by molar-refractivity contribution is -0.139. The number of ether oxygens (including phenoxy) is 2. The lowest BCUT2D eigenvalue weighted by Gasteiger charge is -1.98. The summed E-state index contributed by atoms with van der Waals surface area (Å²) in [4.78, 5) is 22.0. The van der Waals surface area contributed by atoms with Gasteiger partial charge in [-0.25, -0.2) is 9.59 Å². The minimum Gasteiger partial charge on any atom is -0.459 e. The summed E-state index contributed by atoms with van der Waals surface area (Å²) in [6.07, 6.45) is 14.5. The molecule has 0 aromatic heterocycles. The van der Waals surface area contributed by atoms with Crippen molar-refractivity contribution in [2.45, 2.75) is 97.7 Å². The second kappa shape index (κ2) is 11.9. The zero-order valence-electron chi connectivity index (χ0n) is 16.3. The van der Waals surface area contributed by atoms with Crippen LogP contribution >= 0.6 is 0 Å². The molecule has 2 saturated heterocycles. The molecule has 25 heavy (non-hydrogen) atoms. The Hall–Kier alpha value is -1.58. The number of allylic oxidation sites excluding steroid dienone is 2. The summed E-state index contributed by atoms with van der Waals surface area (Å²) in [6.45, 7) is 7.93. The summed E-state index contributed by atoms with van der Waals surface area (Å²) in [6, 6.07) is 0. The molecule has 0 aromatic carbocycles. The van der Waals surface area contributed by atoms with Crippen molar-refractivity contribution in [3.63, 3.8) is 0 Å². The van der Waals surface area contributed by atoms with Crippen LogP contribution in [0.15, 0.2) is 23.3 Å². The van der Waals surface area contributed by atoms with Gasteiger partial charge in [0, 0.05) is 24.0 Å². The van der Waals surface area contributed by atoms with E-state index in [0.29, 0.717) is 0 Å². The minimum absolute atomic E-state index is 0.0864. The molecule has 2 atom stereocenters. The van der Waals surface area contributed by atoms with Gasteiger partial charge in [-0.1, -0.05) is 51.2 Å². The van der Waals surface area contributed by atoms with Gasteiger partial charge in [-0.3, -0.25) is 0 Å². The van der Waals surface area contributed by atoms with Crippen LogP contribution in [-0.2, 0) is 19.1 Å². The quantitative estimate of drug-likeness (QED) is 0.357. The number of cyclic esters (lactones) is 2. The summed E-state index contributed by atoms with van der Waals surface area (Å²) in [7, 11) is 0. The van der Waals surface area contributed by atoms with Crippen molar-refractivity contribution in [2.75, 3.05) is 0 Å². The van der Waals surface area contributed by atoms with E-state index in [0.717, 1.165) is 30.4 Å². The van der Waals surface area contributed by atoms with E-state index in [9.17, 15) is 9.59 Å². The van der Waals surface area contributed by atoms with E-state index in [1.165, 1.54) is 38.5 Å². The number of carbonyl (C=O) groups excluding carboxylic acids is 2. The van der Waals surface area contributed by atoms with E-state index in [-0.39, 0.29) is 24.1 Å². The average molecular weight is 350 g/mol. The molecule has 2 aliphatic rings. The molecular formula is C21H34O4. The maximum Gasteiger partial charge on any atom is 0.334 e. The number of unbranched alkanes of at least 4 members (excludes halogenated alkanes) is 6. The Bertz CT molecular complexity index is 490. The molecule has 0 radical (unpaired) electrons. The van der Waals surface area contributed by atoms with Gasteiger partial charge in [0.1, 0.15) is 12.2 Å². The van der Waals surface area contributed by atoms with Crippen molar-refractivity contribution in [2.24, 2.45) is 0 Å². The molecule has 0 bridgehead atoms. The molecule has 0 saturated carbocycles. The van der Waals surface area contributed by atoms with Gasteiger partial charge >= 0.3 is 11.9 Å². The van der Waals surface area contributed by atoms with E-state index >= 15 is 0 Å². The van der Waals surface area contributed by atoms with E-state index < -0.39 is 0 Å². The van der Waals surface area contributed by atoms with Crippen LogP contribution in [0.4, 0.5) is 0 Å². The SMILES string of the molecule is CC=C1CC(C)OC1=O.CCCCCCCCC=C1CC(C)OC1=O. The van der Waals surface area contributed by atoms with Gasteiger partial charge in [0.15, 0.2) is 0 Å². The van der Waals surface area contributed by atoms with Gasteiger partial charge in [-0.2, -0.15) is 0 Å². The predicted molar refractivity (Wildman–Crippen MR) is 100 cm³/mol. The zero-order chi connectivity index (χ0) is 18.7. The van der Waals surface area contributed by atoms with Crippen molar-refractivity contribution >= 4 is 11.9 Å². The number of carbonyl (C=O) groups is 2. The Labute approximate surface area is 152 Å². The first kappa shape index (κ1) is 21.5. The second-order valence-electron chi connectivity index (χ2n) is 6.94. The van der Waals surface area contributed by atoms with E-state index in [1.54, 1.807) is 0 Å². The lowest BCUT2D eigenvalue weighted by Crippen LogP contribution is -1.99. The van der Waals surface area contributed by atoms with Crippen LogP contribution in [0, 0.1) is 0 Å². The van der Waals surface area contributed by atoms with Gasteiger partial charge in [0.05, 0.1) is 0 Å². The molecule has 4 nitrogen and oxygen atoms in total. The fourth-order valence-electron chi connectivity index (χ4n) is 2.99. The van der Waals surface area contributed by atoms with Crippen molar-refractivity contribution in [3.8, 4) is 0 Å². The predicted octanol–water partition coefficient (Wildman–Crippen LogP) is 5.27. The van der Waals surface area contributed by atoms with Gasteiger partial charge in [-0.15, -0.1) is 0 Å². The monoisotopic (exact) mass is 350 g/mol. The highest BCUT2D eigenvalue weighted by Crippen LogP contribution is 2.21. The molecule has 2 rings (SSSR count). The zero-order valence-corrected chi connectivity index (χ0v) is 16.3. The van der Waals surface area contributed by atoms with Crippen LogP contribution in [-0.4, -0.2) is 24.1 Å². The molecule has 2 heterocycles. The van der Waals surface area contributed by atoms with Crippen LogP contribution in [0.5, 0.6) is 0 Å². The highest BCUT2D eigenvalue weighted by molar-refractivity contribution is 5.90.